The fourth-order valence-corrected chi connectivity index (χ4v) is 4.06. The second-order valence-corrected chi connectivity index (χ2v) is 8.54. The molecular weight excluding hydrogens is 369 g/mol. The average Bonchev–Trinajstić information content (AvgIpc) is 2.59. The van der Waals surface area contributed by atoms with Crippen LogP contribution in [0.2, 0.25) is 0 Å². The van der Waals surface area contributed by atoms with E-state index in [1.54, 1.807) is 0 Å². The fraction of sp³-hybridized carbons (Fsp3) is 0.950. The van der Waals surface area contributed by atoms with Gasteiger partial charge in [0.2, 0.25) is 5.91 Å². The number of carbonyl (C=O) groups is 1. The van der Waals surface area contributed by atoms with Crippen molar-refractivity contribution in [2.45, 2.75) is 59.3 Å². The zero-order chi connectivity index (χ0) is 17.4. The summed E-state index contributed by atoms with van der Waals surface area (Å²) in [7, 11) is 0. The van der Waals surface area contributed by atoms with Crippen LogP contribution in [0.3, 0.4) is 0 Å². The van der Waals surface area contributed by atoms with Gasteiger partial charge in [-0.25, -0.2) is 0 Å². The molecule has 2 heterocycles. The first-order chi connectivity index (χ1) is 11.5. The molecule has 2 aliphatic heterocycles. The van der Waals surface area contributed by atoms with Crippen LogP contribution in [0, 0.1) is 23.7 Å². The number of likely N-dealkylation sites (tertiary alicyclic amines) is 1. The molecule has 156 valence electrons. The molecule has 1 atom stereocenters. The Morgan fingerprint density at radius 2 is 1.69 bits per heavy atom. The normalized spacial score (nSPS) is 20.9. The molecule has 0 aromatic heterocycles. The number of nitrogens with zero attached hydrogens (tertiary/aromatic N) is 1. The van der Waals surface area contributed by atoms with Crippen LogP contribution in [-0.4, -0.2) is 50.1 Å². The van der Waals surface area contributed by atoms with Crippen molar-refractivity contribution in [3.63, 3.8) is 0 Å². The Balaban J connectivity index is 0.00000312. The number of rotatable bonds is 8. The summed E-state index contributed by atoms with van der Waals surface area (Å²) in [5.41, 5.74) is 0. The first-order valence-corrected chi connectivity index (χ1v) is 10.2. The largest absolute Gasteiger partial charge is 0.356 e. The second-order valence-electron chi connectivity index (χ2n) is 8.54. The lowest BCUT2D eigenvalue weighted by Crippen LogP contribution is -2.40. The Labute approximate surface area is 173 Å². The van der Waals surface area contributed by atoms with E-state index in [4.69, 9.17) is 0 Å². The van der Waals surface area contributed by atoms with Crippen LogP contribution in [-0.2, 0) is 4.79 Å². The Bertz CT molecular complexity index is 368. The minimum atomic E-state index is 0. The first kappa shape index (κ1) is 26.0. The van der Waals surface area contributed by atoms with Crippen molar-refractivity contribution in [3.8, 4) is 0 Å². The van der Waals surface area contributed by atoms with E-state index in [2.05, 4.69) is 36.3 Å². The van der Waals surface area contributed by atoms with Gasteiger partial charge in [0, 0.05) is 13.0 Å². The van der Waals surface area contributed by atoms with E-state index < -0.39 is 0 Å². The second kappa shape index (κ2) is 14.0. The maximum atomic E-state index is 12.2. The lowest BCUT2D eigenvalue weighted by molar-refractivity contribution is -0.122. The van der Waals surface area contributed by atoms with Crippen LogP contribution < -0.4 is 10.6 Å². The van der Waals surface area contributed by atoms with Gasteiger partial charge < -0.3 is 15.5 Å². The molecule has 0 aliphatic carbocycles. The number of hydrogen-bond acceptors (Lipinski definition) is 3. The highest BCUT2D eigenvalue weighted by Crippen LogP contribution is 2.24. The molecule has 2 aliphatic rings. The fourth-order valence-electron chi connectivity index (χ4n) is 4.06. The van der Waals surface area contributed by atoms with Crippen molar-refractivity contribution in [1.29, 1.82) is 0 Å². The molecule has 6 heteroatoms. The minimum Gasteiger partial charge on any atom is -0.356 e. The Morgan fingerprint density at radius 3 is 2.27 bits per heavy atom. The van der Waals surface area contributed by atoms with Crippen LogP contribution in [0.25, 0.3) is 0 Å². The average molecular weight is 410 g/mol. The molecule has 0 saturated carbocycles. The van der Waals surface area contributed by atoms with E-state index in [1.165, 1.54) is 51.7 Å². The Kier molecular flexibility index (Phi) is 14.0. The van der Waals surface area contributed by atoms with Crippen molar-refractivity contribution in [2.75, 3.05) is 39.3 Å². The Morgan fingerprint density at radius 1 is 1.08 bits per heavy atom. The van der Waals surface area contributed by atoms with Crippen LogP contribution in [0.1, 0.15) is 59.3 Å². The topological polar surface area (TPSA) is 44.4 Å². The van der Waals surface area contributed by atoms with Crippen molar-refractivity contribution >= 4 is 30.7 Å². The summed E-state index contributed by atoms with van der Waals surface area (Å²) in [6.07, 6.45) is 6.94. The van der Waals surface area contributed by atoms with Gasteiger partial charge in [-0.05, 0) is 88.5 Å². The van der Waals surface area contributed by atoms with Gasteiger partial charge in [0.15, 0.2) is 0 Å². The highest BCUT2D eigenvalue weighted by molar-refractivity contribution is 5.85. The molecule has 2 rings (SSSR count). The molecule has 0 aromatic carbocycles. The molecule has 0 aromatic rings. The number of amides is 1. The number of piperidine rings is 2. The van der Waals surface area contributed by atoms with Crippen molar-refractivity contribution in [3.05, 3.63) is 0 Å². The quantitative estimate of drug-likeness (QED) is 0.641. The SMILES string of the molecule is CC(C)CCN1CCC(CNC(=O)CC(C)C2CCNCC2)CC1.Cl.Cl. The van der Waals surface area contributed by atoms with E-state index in [-0.39, 0.29) is 30.7 Å². The highest BCUT2D eigenvalue weighted by Gasteiger charge is 2.23. The molecule has 26 heavy (non-hydrogen) atoms. The molecule has 1 unspecified atom stereocenters. The zero-order valence-corrected chi connectivity index (χ0v) is 18.6. The molecule has 0 radical (unpaired) electrons. The highest BCUT2D eigenvalue weighted by atomic mass is 35.5. The summed E-state index contributed by atoms with van der Waals surface area (Å²) in [5.74, 6) is 2.98. The molecule has 0 bridgehead atoms. The van der Waals surface area contributed by atoms with E-state index >= 15 is 0 Å². The number of halogens is 2. The summed E-state index contributed by atoms with van der Waals surface area (Å²) in [4.78, 5) is 14.8. The smallest absolute Gasteiger partial charge is 0.220 e. The van der Waals surface area contributed by atoms with E-state index in [0.29, 0.717) is 18.3 Å². The minimum absolute atomic E-state index is 0. The van der Waals surface area contributed by atoms with Gasteiger partial charge in [-0.15, -0.1) is 24.8 Å². The van der Waals surface area contributed by atoms with Crippen LogP contribution in [0.5, 0.6) is 0 Å². The molecule has 2 N–H and O–H groups in total. The van der Waals surface area contributed by atoms with E-state index in [1.807, 2.05) is 0 Å². The summed E-state index contributed by atoms with van der Waals surface area (Å²) in [5, 5.41) is 6.62. The number of carbonyl (C=O) groups excluding carboxylic acids is 1. The Hall–Kier alpha value is -0.0300. The summed E-state index contributed by atoms with van der Waals surface area (Å²) < 4.78 is 0. The van der Waals surface area contributed by atoms with Gasteiger partial charge in [-0.3, -0.25) is 4.79 Å². The van der Waals surface area contributed by atoms with Crippen molar-refractivity contribution in [2.24, 2.45) is 23.7 Å². The lowest BCUT2D eigenvalue weighted by Gasteiger charge is -2.32. The summed E-state index contributed by atoms with van der Waals surface area (Å²) in [6, 6.07) is 0. The van der Waals surface area contributed by atoms with Crippen LogP contribution in [0.15, 0.2) is 0 Å². The van der Waals surface area contributed by atoms with Crippen LogP contribution >= 0.6 is 24.8 Å². The molecule has 2 saturated heterocycles. The van der Waals surface area contributed by atoms with E-state index in [9.17, 15) is 4.79 Å². The molecule has 2 fully saturated rings. The summed E-state index contributed by atoms with van der Waals surface area (Å²) in [6.45, 7) is 13.6. The van der Waals surface area contributed by atoms with Gasteiger partial charge in [0.25, 0.3) is 0 Å². The van der Waals surface area contributed by atoms with Gasteiger partial charge in [0.05, 0.1) is 0 Å². The summed E-state index contributed by atoms with van der Waals surface area (Å²) >= 11 is 0. The number of hydrogen-bond donors (Lipinski definition) is 2. The van der Waals surface area contributed by atoms with Gasteiger partial charge in [-0.1, -0.05) is 20.8 Å². The molecular formula is C20H41Cl2N3O. The molecule has 0 spiro atoms. The third-order valence-electron chi connectivity index (χ3n) is 6.01. The predicted molar refractivity (Wildman–Crippen MR) is 115 cm³/mol. The third kappa shape index (κ3) is 9.77. The van der Waals surface area contributed by atoms with Gasteiger partial charge in [0.1, 0.15) is 0 Å². The lowest BCUT2D eigenvalue weighted by atomic mass is 9.84. The van der Waals surface area contributed by atoms with E-state index in [0.717, 1.165) is 31.5 Å². The maximum Gasteiger partial charge on any atom is 0.220 e. The first-order valence-electron chi connectivity index (χ1n) is 10.2. The third-order valence-corrected chi connectivity index (χ3v) is 6.01. The van der Waals surface area contributed by atoms with Crippen molar-refractivity contribution in [1.82, 2.24) is 15.5 Å². The monoisotopic (exact) mass is 409 g/mol. The van der Waals surface area contributed by atoms with Gasteiger partial charge in [-0.2, -0.15) is 0 Å². The standard InChI is InChI=1S/C20H39N3O.2ClH/c1-16(2)6-11-23-12-7-18(8-13-23)15-22-20(24)14-17(3)19-4-9-21-10-5-19;;/h16-19,21H,4-15H2,1-3H3,(H,22,24);2*1H. The molecule has 4 nitrogen and oxygen atoms in total. The molecule has 1 amide bonds. The maximum absolute atomic E-state index is 12.2. The zero-order valence-electron chi connectivity index (χ0n) is 17.0. The van der Waals surface area contributed by atoms with Crippen LogP contribution in [0.4, 0.5) is 0 Å². The number of nitrogens with one attached hydrogen (secondary N) is 2. The van der Waals surface area contributed by atoms with Gasteiger partial charge >= 0.3 is 0 Å². The predicted octanol–water partition coefficient (Wildman–Crippen LogP) is 3.73. The van der Waals surface area contributed by atoms with Crippen molar-refractivity contribution < 1.29 is 4.79 Å².